The van der Waals surface area contributed by atoms with E-state index in [0.29, 0.717) is 5.56 Å². The molecular formula is C15H18N4O. The molecule has 20 heavy (non-hydrogen) atoms. The molecule has 3 rings (SSSR count). The Balaban J connectivity index is 1.84. The number of fused-ring (bicyclic) bond motifs is 1. The maximum Gasteiger partial charge on any atom is 0.255 e. The van der Waals surface area contributed by atoms with Gasteiger partial charge in [0.2, 0.25) is 0 Å². The number of nitrogens with one attached hydrogen (secondary N) is 3. The third kappa shape index (κ3) is 2.27. The maximum absolute atomic E-state index is 12.3. The van der Waals surface area contributed by atoms with E-state index in [-0.39, 0.29) is 5.91 Å². The van der Waals surface area contributed by atoms with Crippen molar-refractivity contribution in [3.63, 3.8) is 0 Å². The molecule has 0 unspecified atom stereocenters. The molecule has 2 aromatic rings. The molecule has 5 nitrogen and oxygen atoms in total. The summed E-state index contributed by atoms with van der Waals surface area (Å²) in [5.74, 6) is -0.0917. The summed E-state index contributed by atoms with van der Waals surface area (Å²) >= 11 is 0. The molecule has 0 saturated carbocycles. The molecule has 1 aromatic heterocycles. The van der Waals surface area contributed by atoms with Crippen molar-refractivity contribution in [2.75, 3.05) is 17.2 Å². The summed E-state index contributed by atoms with van der Waals surface area (Å²) in [4.78, 5) is 12.3. The Morgan fingerprint density at radius 1 is 1.35 bits per heavy atom. The fourth-order valence-electron chi connectivity index (χ4n) is 2.54. The lowest BCUT2D eigenvalue weighted by Gasteiger charge is -2.18. The van der Waals surface area contributed by atoms with Gasteiger partial charge in [-0.3, -0.25) is 9.89 Å². The number of anilines is 2. The molecule has 0 atom stereocenters. The van der Waals surface area contributed by atoms with E-state index in [1.807, 2.05) is 32.0 Å². The molecule has 0 fully saturated rings. The van der Waals surface area contributed by atoms with Gasteiger partial charge in [0.05, 0.1) is 17.1 Å². The molecular weight excluding hydrogens is 252 g/mol. The number of nitrogens with zero attached hydrogens (tertiary/aromatic N) is 1. The second kappa shape index (κ2) is 5.00. The highest BCUT2D eigenvalue weighted by Crippen LogP contribution is 2.24. The third-order valence-electron chi connectivity index (χ3n) is 3.67. The highest BCUT2D eigenvalue weighted by Gasteiger charge is 2.15. The molecule has 0 spiro atoms. The zero-order valence-corrected chi connectivity index (χ0v) is 11.7. The first-order valence-electron chi connectivity index (χ1n) is 6.85. The first-order chi connectivity index (χ1) is 9.65. The summed E-state index contributed by atoms with van der Waals surface area (Å²) in [7, 11) is 0. The number of benzene rings is 1. The van der Waals surface area contributed by atoms with Crippen molar-refractivity contribution in [1.29, 1.82) is 0 Å². The normalized spacial score (nSPS) is 13.5. The molecule has 2 heterocycles. The van der Waals surface area contributed by atoms with Crippen LogP contribution in [0.2, 0.25) is 0 Å². The van der Waals surface area contributed by atoms with E-state index in [1.165, 1.54) is 5.56 Å². The lowest BCUT2D eigenvalue weighted by atomic mass is 10.0. The van der Waals surface area contributed by atoms with E-state index in [9.17, 15) is 4.79 Å². The van der Waals surface area contributed by atoms with Gasteiger partial charge < -0.3 is 10.6 Å². The van der Waals surface area contributed by atoms with Gasteiger partial charge in [-0.15, -0.1) is 0 Å². The van der Waals surface area contributed by atoms with Crippen molar-refractivity contribution in [2.45, 2.75) is 26.7 Å². The highest BCUT2D eigenvalue weighted by molar-refractivity contribution is 6.05. The van der Waals surface area contributed by atoms with Crippen molar-refractivity contribution in [1.82, 2.24) is 10.2 Å². The van der Waals surface area contributed by atoms with Crippen molar-refractivity contribution in [2.24, 2.45) is 0 Å². The van der Waals surface area contributed by atoms with Crippen LogP contribution in [0.4, 0.5) is 11.4 Å². The fourth-order valence-corrected chi connectivity index (χ4v) is 2.54. The van der Waals surface area contributed by atoms with E-state index in [2.05, 4.69) is 20.8 Å². The van der Waals surface area contributed by atoms with E-state index in [1.54, 1.807) is 0 Å². The van der Waals surface area contributed by atoms with E-state index in [0.717, 1.165) is 42.1 Å². The molecule has 1 aliphatic heterocycles. The van der Waals surface area contributed by atoms with Crippen LogP contribution in [0.25, 0.3) is 0 Å². The zero-order chi connectivity index (χ0) is 14.1. The Morgan fingerprint density at radius 2 is 2.20 bits per heavy atom. The average Bonchev–Trinajstić information content (AvgIpc) is 2.78. The van der Waals surface area contributed by atoms with E-state index < -0.39 is 0 Å². The number of carbonyl (C=O) groups excluding carboxylic acids is 1. The predicted octanol–water partition coefficient (Wildman–Crippen LogP) is 2.64. The Labute approximate surface area is 117 Å². The molecule has 0 saturated heterocycles. The topological polar surface area (TPSA) is 69.8 Å². The summed E-state index contributed by atoms with van der Waals surface area (Å²) in [6, 6.07) is 5.82. The molecule has 5 heteroatoms. The summed E-state index contributed by atoms with van der Waals surface area (Å²) in [6.07, 6.45) is 2.13. The molecule has 3 N–H and O–H groups in total. The number of H-pyrrole nitrogens is 1. The van der Waals surface area contributed by atoms with E-state index >= 15 is 0 Å². The van der Waals surface area contributed by atoms with Crippen LogP contribution in [0.3, 0.4) is 0 Å². The van der Waals surface area contributed by atoms with Gasteiger partial charge in [0, 0.05) is 17.8 Å². The predicted molar refractivity (Wildman–Crippen MR) is 79.3 cm³/mol. The SMILES string of the molecule is Cc1n[nH]c(C)c1NC(=O)c1ccc2c(c1)CCCN2. The van der Waals surface area contributed by atoms with Gasteiger partial charge in [-0.2, -0.15) is 5.10 Å². The summed E-state index contributed by atoms with van der Waals surface area (Å²) in [6.45, 7) is 4.77. The molecule has 0 bridgehead atoms. The van der Waals surface area contributed by atoms with Crippen molar-refractivity contribution < 1.29 is 4.79 Å². The monoisotopic (exact) mass is 270 g/mol. The molecule has 0 aliphatic carbocycles. The average molecular weight is 270 g/mol. The van der Waals surface area contributed by atoms with Crippen molar-refractivity contribution in [3.8, 4) is 0 Å². The minimum Gasteiger partial charge on any atom is -0.385 e. The third-order valence-corrected chi connectivity index (χ3v) is 3.67. The van der Waals surface area contributed by atoms with Gasteiger partial charge in [-0.1, -0.05) is 0 Å². The van der Waals surface area contributed by atoms with Gasteiger partial charge in [-0.25, -0.2) is 0 Å². The summed E-state index contributed by atoms with van der Waals surface area (Å²) < 4.78 is 0. The first-order valence-corrected chi connectivity index (χ1v) is 6.85. The lowest BCUT2D eigenvalue weighted by molar-refractivity contribution is 0.102. The quantitative estimate of drug-likeness (QED) is 0.785. The van der Waals surface area contributed by atoms with Crippen LogP contribution < -0.4 is 10.6 Å². The number of hydrogen-bond acceptors (Lipinski definition) is 3. The first kappa shape index (κ1) is 12.7. The molecule has 0 radical (unpaired) electrons. The molecule has 1 amide bonds. The lowest BCUT2D eigenvalue weighted by Crippen LogP contribution is -2.16. The van der Waals surface area contributed by atoms with Crippen molar-refractivity contribution >= 4 is 17.3 Å². The number of rotatable bonds is 2. The maximum atomic E-state index is 12.3. The number of amides is 1. The number of carbonyl (C=O) groups is 1. The van der Waals surface area contributed by atoms with Crippen LogP contribution in [-0.2, 0) is 6.42 Å². The van der Waals surface area contributed by atoms with Crippen LogP contribution in [-0.4, -0.2) is 22.6 Å². The van der Waals surface area contributed by atoms with Gasteiger partial charge in [0.1, 0.15) is 0 Å². The Hall–Kier alpha value is -2.30. The van der Waals surface area contributed by atoms with Gasteiger partial charge >= 0.3 is 0 Å². The standard InChI is InChI=1S/C15H18N4O/c1-9-14(10(2)19-18-9)17-15(20)12-5-6-13-11(8-12)4-3-7-16-13/h5-6,8,16H,3-4,7H2,1-2H3,(H,17,20)(H,18,19). The van der Waals surface area contributed by atoms with Gasteiger partial charge in [0.15, 0.2) is 0 Å². The van der Waals surface area contributed by atoms with Crippen LogP contribution in [0, 0.1) is 13.8 Å². The number of aromatic nitrogens is 2. The summed E-state index contributed by atoms with van der Waals surface area (Å²) in [5, 5.41) is 13.2. The van der Waals surface area contributed by atoms with Gasteiger partial charge in [-0.05, 0) is 50.5 Å². The zero-order valence-electron chi connectivity index (χ0n) is 11.7. The second-order valence-electron chi connectivity index (χ2n) is 5.17. The van der Waals surface area contributed by atoms with Crippen molar-refractivity contribution in [3.05, 3.63) is 40.7 Å². The highest BCUT2D eigenvalue weighted by atomic mass is 16.1. The fraction of sp³-hybridized carbons (Fsp3) is 0.333. The van der Waals surface area contributed by atoms with Crippen LogP contribution >= 0.6 is 0 Å². The number of aryl methyl sites for hydroxylation is 3. The number of aromatic amines is 1. The largest absolute Gasteiger partial charge is 0.385 e. The Morgan fingerprint density at radius 3 is 2.95 bits per heavy atom. The number of hydrogen-bond donors (Lipinski definition) is 3. The Kier molecular flexibility index (Phi) is 3.18. The van der Waals surface area contributed by atoms with Crippen LogP contribution in [0.5, 0.6) is 0 Å². The minimum absolute atomic E-state index is 0.0917. The van der Waals surface area contributed by atoms with Gasteiger partial charge in [0.25, 0.3) is 5.91 Å². The smallest absolute Gasteiger partial charge is 0.255 e. The van der Waals surface area contributed by atoms with Crippen LogP contribution in [0.1, 0.15) is 33.7 Å². The molecule has 1 aromatic carbocycles. The molecule has 104 valence electrons. The van der Waals surface area contributed by atoms with Crippen LogP contribution in [0.15, 0.2) is 18.2 Å². The summed E-state index contributed by atoms with van der Waals surface area (Å²) in [5.41, 5.74) is 5.48. The Bertz CT molecular complexity index is 640. The molecule has 1 aliphatic rings. The minimum atomic E-state index is -0.0917. The second-order valence-corrected chi connectivity index (χ2v) is 5.17. The van der Waals surface area contributed by atoms with E-state index in [4.69, 9.17) is 0 Å².